The summed E-state index contributed by atoms with van der Waals surface area (Å²) in [5.74, 6) is 0.883. The Morgan fingerprint density at radius 1 is 0.651 bits per heavy atom. The van der Waals surface area contributed by atoms with Crippen LogP contribution >= 0.6 is 11.6 Å². The van der Waals surface area contributed by atoms with Crippen LogP contribution in [0.4, 0.5) is 37.3 Å². The van der Waals surface area contributed by atoms with E-state index in [0.29, 0.717) is 82.4 Å². The van der Waals surface area contributed by atoms with Crippen molar-refractivity contribution in [2.75, 3.05) is 44.7 Å². The maximum atomic E-state index is 14.2. The molecule has 324 valence electrons. The first kappa shape index (κ1) is 42.8. The summed E-state index contributed by atoms with van der Waals surface area (Å²) in [5.41, 5.74) is 13.8. The molecule has 0 saturated heterocycles. The fourth-order valence-corrected chi connectivity index (χ4v) is 7.78. The van der Waals surface area contributed by atoms with E-state index in [-0.39, 0.29) is 28.5 Å². The van der Waals surface area contributed by atoms with Gasteiger partial charge in [-0.05, 0) is 86.3 Å². The highest BCUT2D eigenvalue weighted by atomic mass is 35.5. The van der Waals surface area contributed by atoms with Crippen molar-refractivity contribution in [3.8, 4) is 11.5 Å². The normalized spacial score (nSPS) is 14.8. The summed E-state index contributed by atoms with van der Waals surface area (Å²) in [7, 11) is 6.23. The number of nitrogens with one attached hydrogen (secondary N) is 2. The third kappa shape index (κ3) is 9.63. The van der Waals surface area contributed by atoms with Crippen molar-refractivity contribution in [3.63, 3.8) is 0 Å². The van der Waals surface area contributed by atoms with Gasteiger partial charge in [-0.2, -0.15) is 0 Å². The van der Waals surface area contributed by atoms with Crippen molar-refractivity contribution in [1.29, 1.82) is 0 Å². The zero-order chi connectivity index (χ0) is 44.4. The number of ether oxygens (including phenoxy) is 2. The van der Waals surface area contributed by atoms with Crippen LogP contribution in [0, 0.1) is 11.6 Å². The topological polar surface area (TPSA) is 161 Å². The fraction of sp³-hybridized carbons (Fsp3) is 0.277. The molecule has 0 bridgehead atoms. The van der Waals surface area contributed by atoms with Gasteiger partial charge in [-0.25, -0.2) is 18.7 Å². The Morgan fingerprint density at radius 2 is 1.14 bits per heavy atom. The number of nitrogen functional groups attached to an aromatic ring is 1. The van der Waals surface area contributed by atoms with Crippen LogP contribution in [0.1, 0.15) is 92.4 Å². The molecule has 10 rings (SSSR count). The molecule has 0 unspecified atom stereocenters. The molecule has 63 heavy (non-hydrogen) atoms. The molecule has 0 atom stereocenters. The van der Waals surface area contributed by atoms with Crippen LogP contribution in [-0.2, 0) is 19.5 Å². The number of carbonyl (C=O) groups excluding carboxylic acids is 2. The lowest BCUT2D eigenvalue weighted by atomic mass is 10.1. The molecule has 2 fully saturated rings. The van der Waals surface area contributed by atoms with Gasteiger partial charge in [-0.1, -0.05) is 35.9 Å². The zero-order valence-corrected chi connectivity index (χ0v) is 36.0. The van der Waals surface area contributed by atoms with Gasteiger partial charge in [0, 0.05) is 55.1 Å². The van der Waals surface area contributed by atoms with E-state index in [9.17, 15) is 18.4 Å². The third-order valence-corrected chi connectivity index (χ3v) is 11.2. The van der Waals surface area contributed by atoms with E-state index in [1.165, 1.54) is 57.7 Å². The second kappa shape index (κ2) is 18.2. The molecule has 0 radical (unpaired) electrons. The summed E-state index contributed by atoms with van der Waals surface area (Å²) in [6.45, 7) is 0.830. The minimum absolute atomic E-state index is 0.0722. The predicted octanol–water partition coefficient (Wildman–Crippen LogP) is 9.17. The molecule has 2 amide bonds. The lowest BCUT2D eigenvalue weighted by Crippen LogP contribution is -2.18. The largest absolute Gasteiger partial charge is 0.492 e. The summed E-state index contributed by atoms with van der Waals surface area (Å²) in [6.07, 6.45) is 5.53. The molecule has 6 aromatic rings. The number of benzene rings is 2. The standard InChI is InChI=1S/C24H23FN4O2.C15H13ClFN3O2.C8H10N2/c1-29-13-21-22(24(29)30)20(28-19-8-4-6-17(25)23(19)31-2)12-16(27-21)11-15-5-3-7-18(26-15)14-9-10-14;1-20-7-11-13(15(20)21)10(6-12(16)19-11)18-9-5-3-4-8(17)14(9)22-2;9-8-3-1-2-7(10-8)6-4-5-6/h3-8,12,14H,9-11,13H2,1-2H3,(H,27,28);3-6H,7H2,1-2H3,(H,18,19);1-3,6H,4-5H2,(H2,9,10). The van der Waals surface area contributed by atoms with Crippen molar-refractivity contribution in [3.05, 3.63) is 147 Å². The molecule has 4 N–H and O–H groups in total. The maximum absolute atomic E-state index is 14.2. The molecule has 6 heterocycles. The quantitative estimate of drug-likeness (QED) is 0.113. The molecular formula is C47H46ClF2N9O4. The van der Waals surface area contributed by atoms with Crippen LogP contribution in [-0.4, -0.2) is 69.9 Å². The van der Waals surface area contributed by atoms with Crippen LogP contribution in [0.25, 0.3) is 0 Å². The molecule has 2 saturated carbocycles. The number of nitrogens with two attached hydrogens (primary N) is 1. The number of hydrogen-bond acceptors (Lipinski definition) is 11. The van der Waals surface area contributed by atoms with E-state index in [2.05, 4.69) is 26.7 Å². The first-order valence-corrected chi connectivity index (χ1v) is 20.9. The molecule has 4 aromatic heterocycles. The first-order chi connectivity index (χ1) is 30.4. The van der Waals surface area contributed by atoms with Crippen molar-refractivity contribution in [2.45, 2.75) is 57.0 Å². The lowest BCUT2D eigenvalue weighted by Gasteiger charge is -2.15. The van der Waals surface area contributed by atoms with E-state index >= 15 is 0 Å². The highest BCUT2D eigenvalue weighted by Gasteiger charge is 2.32. The number of fused-ring (bicyclic) bond motifs is 2. The average Bonchev–Trinajstić information content (AvgIpc) is 4.20. The average molecular weight is 874 g/mol. The number of nitrogens with zero attached hydrogens (tertiary/aromatic N) is 6. The molecule has 2 aliphatic heterocycles. The van der Waals surface area contributed by atoms with Gasteiger partial charge in [-0.3, -0.25) is 19.6 Å². The maximum Gasteiger partial charge on any atom is 0.257 e. The van der Waals surface area contributed by atoms with Gasteiger partial charge >= 0.3 is 0 Å². The summed E-state index contributed by atoms with van der Waals surface area (Å²) < 4.78 is 38.2. The van der Waals surface area contributed by atoms with Gasteiger partial charge in [-0.15, -0.1) is 0 Å². The number of hydrogen-bond donors (Lipinski definition) is 3. The smallest absolute Gasteiger partial charge is 0.257 e. The summed E-state index contributed by atoms with van der Waals surface area (Å²) >= 11 is 6.01. The van der Waals surface area contributed by atoms with Crippen molar-refractivity contribution in [2.24, 2.45) is 0 Å². The van der Waals surface area contributed by atoms with Crippen LogP contribution in [0.15, 0.2) is 84.9 Å². The third-order valence-electron chi connectivity index (χ3n) is 11.0. The molecular weight excluding hydrogens is 828 g/mol. The summed E-state index contributed by atoms with van der Waals surface area (Å²) in [6, 6.07) is 24.5. The van der Waals surface area contributed by atoms with E-state index in [0.717, 1.165) is 17.1 Å². The Kier molecular flexibility index (Phi) is 12.4. The van der Waals surface area contributed by atoms with Gasteiger partial charge in [0.15, 0.2) is 23.1 Å². The van der Waals surface area contributed by atoms with Gasteiger partial charge in [0.05, 0.1) is 72.6 Å². The summed E-state index contributed by atoms with van der Waals surface area (Å²) in [5, 5.41) is 6.49. The number of para-hydroxylation sites is 2. The van der Waals surface area contributed by atoms with Gasteiger partial charge < -0.3 is 35.6 Å². The number of halogens is 3. The molecule has 16 heteroatoms. The van der Waals surface area contributed by atoms with E-state index < -0.39 is 11.6 Å². The number of aromatic nitrogens is 4. The second-order valence-electron chi connectivity index (χ2n) is 15.8. The highest BCUT2D eigenvalue weighted by molar-refractivity contribution is 6.30. The number of anilines is 5. The lowest BCUT2D eigenvalue weighted by molar-refractivity contribution is 0.0809. The van der Waals surface area contributed by atoms with Gasteiger partial charge in [0.2, 0.25) is 0 Å². The van der Waals surface area contributed by atoms with Gasteiger partial charge in [0.25, 0.3) is 11.8 Å². The number of rotatable bonds is 10. The van der Waals surface area contributed by atoms with Gasteiger partial charge in [0.1, 0.15) is 11.0 Å². The molecule has 0 spiro atoms. The zero-order valence-electron chi connectivity index (χ0n) is 35.2. The van der Waals surface area contributed by atoms with Crippen LogP contribution in [0.5, 0.6) is 11.5 Å². The molecule has 2 aliphatic carbocycles. The monoisotopic (exact) mass is 873 g/mol. The Morgan fingerprint density at radius 3 is 1.67 bits per heavy atom. The van der Waals surface area contributed by atoms with Crippen LogP contribution in [0.3, 0.4) is 0 Å². The predicted molar refractivity (Wildman–Crippen MR) is 237 cm³/mol. The molecule has 13 nitrogen and oxygen atoms in total. The number of amides is 2. The molecule has 4 aliphatic rings. The van der Waals surface area contributed by atoms with E-state index in [1.54, 1.807) is 54.2 Å². The summed E-state index contributed by atoms with van der Waals surface area (Å²) in [4.78, 5) is 46.1. The highest BCUT2D eigenvalue weighted by Crippen LogP contribution is 2.41. The van der Waals surface area contributed by atoms with E-state index in [1.807, 2.05) is 36.4 Å². The van der Waals surface area contributed by atoms with Crippen molar-refractivity contribution in [1.82, 2.24) is 29.7 Å². The SMILES string of the molecule is COc1c(F)cccc1Nc1cc(Cc2cccc(C3CC3)n2)nc2c1C(=O)N(C)C2.COc1c(F)cccc1Nc1cc(Cl)nc2c1C(=O)N(C)C2.Nc1cccc(C2CC2)n1. The minimum atomic E-state index is -0.493. The Labute approximate surface area is 368 Å². The molecule has 2 aromatic carbocycles. The van der Waals surface area contributed by atoms with E-state index in [4.69, 9.17) is 36.8 Å². The Balaban J connectivity index is 0.000000147. The number of pyridine rings is 4. The van der Waals surface area contributed by atoms with Crippen molar-refractivity contribution >= 4 is 52.0 Å². The Bertz CT molecular complexity index is 2710. The number of carbonyl (C=O) groups is 2. The van der Waals surface area contributed by atoms with Crippen LogP contribution in [0.2, 0.25) is 5.15 Å². The van der Waals surface area contributed by atoms with Crippen molar-refractivity contribution < 1.29 is 27.8 Å². The van der Waals surface area contributed by atoms with Crippen LogP contribution < -0.4 is 25.8 Å². The number of methoxy groups -OCH3 is 2. The Hall–Kier alpha value is -6.87. The first-order valence-electron chi connectivity index (χ1n) is 20.5. The minimum Gasteiger partial charge on any atom is -0.492 e. The fourth-order valence-electron chi connectivity index (χ4n) is 7.57. The second-order valence-corrected chi connectivity index (χ2v) is 16.2.